The lowest BCUT2D eigenvalue weighted by molar-refractivity contribution is -0.137. The maximum Gasteiger partial charge on any atom is 0.333 e. The standard InChI is InChI=1S/C9H14O5/c1-14-9(13)5-2-6(4-10)8(12)7(11)3-5/h3,6-8,10-12H,2,4H2,1H3/t6-,7-,8+/m0/s1. The van der Waals surface area contributed by atoms with Crippen LogP contribution >= 0.6 is 0 Å². The number of hydrogen-bond acceptors (Lipinski definition) is 5. The van der Waals surface area contributed by atoms with Crippen molar-refractivity contribution in [3.05, 3.63) is 11.6 Å². The van der Waals surface area contributed by atoms with Gasteiger partial charge < -0.3 is 20.1 Å². The molecule has 0 bridgehead atoms. The molecule has 0 saturated carbocycles. The van der Waals surface area contributed by atoms with Crippen molar-refractivity contribution in [3.8, 4) is 0 Å². The Bertz CT molecular complexity index is 248. The molecular formula is C9H14O5. The molecule has 0 aromatic rings. The zero-order valence-corrected chi connectivity index (χ0v) is 7.88. The van der Waals surface area contributed by atoms with Crippen molar-refractivity contribution in [2.24, 2.45) is 5.92 Å². The normalized spacial score (nSPS) is 32.3. The largest absolute Gasteiger partial charge is 0.466 e. The summed E-state index contributed by atoms with van der Waals surface area (Å²) in [6.07, 6.45) is -0.646. The predicted molar refractivity (Wildman–Crippen MR) is 47.3 cm³/mol. The lowest BCUT2D eigenvalue weighted by Crippen LogP contribution is -2.39. The van der Waals surface area contributed by atoms with E-state index in [0.29, 0.717) is 5.57 Å². The molecule has 0 aromatic heterocycles. The molecule has 3 atom stereocenters. The topological polar surface area (TPSA) is 87.0 Å². The fourth-order valence-electron chi connectivity index (χ4n) is 1.51. The smallest absolute Gasteiger partial charge is 0.333 e. The van der Waals surface area contributed by atoms with Crippen LogP contribution in [0.2, 0.25) is 0 Å². The van der Waals surface area contributed by atoms with E-state index in [2.05, 4.69) is 4.74 Å². The van der Waals surface area contributed by atoms with Gasteiger partial charge in [-0.1, -0.05) is 0 Å². The minimum absolute atomic E-state index is 0.224. The van der Waals surface area contributed by atoms with Crippen LogP contribution in [0.5, 0.6) is 0 Å². The Kier molecular flexibility index (Phi) is 3.62. The number of aliphatic hydroxyl groups excluding tert-OH is 3. The summed E-state index contributed by atoms with van der Waals surface area (Å²) in [5.41, 5.74) is 0.296. The first-order chi connectivity index (χ1) is 6.60. The third-order valence-electron chi connectivity index (χ3n) is 2.37. The van der Waals surface area contributed by atoms with Gasteiger partial charge in [-0.15, -0.1) is 0 Å². The number of carbonyl (C=O) groups excluding carboxylic acids is 1. The summed E-state index contributed by atoms with van der Waals surface area (Å²) in [6.45, 7) is -0.271. The SMILES string of the molecule is COC(=O)C1=C[C@H](O)[C@H](O)[C@H](CO)C1. The summed E-state index contributed by atoms with van der Waals surface area (Å²) < 4.78 is 4.48. The molecule has 0 aliphatic heterocycles. The van der Waals surface area contributed by atoms with E-state index >= 15 is 0 Å². The monoisotopic (exact) mass is 202 g/mol. The minimum atomic E-state index is -1.12. The van der Waals surface area contributed by atoms with Gasteiger partial charge in [0.15, 0.2) is 0 Å². The minimum Gasteiger partial charge on any atom is -0.466 e. The van der Waals surface area contributed by atoms with Crippen LogP contribution in [0.1, 0.15) is 6.42 Å². The molecular weight excluding hydrogens is 188 g/mol. The molecule has 0 heterocycles. The number of ether oxygens (including phenoxy) is 1. The van der Waals surface area contributed by atoms with E-state index in [1.807, 2.05) is 0 Å². The summed E-state index contributed by atoms with van der Waals surface area (Å²) in [5.74, 6) is -1.04. The van der Waals surface area contributed by atoms with E-state index in [-0.39, 0.29) is 13.0 Å². The zero-order chi connectivity index (χ0) is 10.7. The van der Waals surface area contributed by atoms with Crippen molar-refractivity contribution >= 4 is 5.97 Å². The number of esters is 1. The Morgan fingerprint density at radius 1 is 1.64 bits per heavy atom. The number of rotatable bonds is 2. The van der Waals surface area contributed by atoms with Crippen molar-refractivity contribution in [1.29, 1.82) is 0 Å². The summed E-state index contributed by atoms with van der Waals surface area (Å²) in [4.78, 5) is 11.1. The number of carbonyl (C=O) groups is 1. The number of methoxy groups -OCH3 is 1. The fraction of sp³-hybridized carbons (Fsp3) is 0.667. The Balaban J connectivity index is 2.80. The van der Waals surface area contributed by atoms with Gasteiger partial charge in [-0.2, -0.15) is 0 Å². The van der Waals surface area contributed by atoms with Crippen LogP contribution in [-0.2, 0) is 9.53 Å². The van der Waals surface area contributed by atoms with Crippen LogP contribution in [0.15, 0.2) is 11.6 Å². The molecule has 0 unspecified atom stereocenters. The van der Waals surface area contributed by atoms with Gasteiger partial charge in [-0.05, 0) is 12.5 Å². The molecule has 0 spiro atoms. The van der Waals surface area contributed by atoms with Crippen molar-refractivity contribution in [1.82, 2.24) is 0 Å². The van der Waals surface area contributed by atoms with Crippen LogP contribution < -0.4 is 0 Å². The van der Waals surface area contributed by atoms with Crippen LogP contribution in [0.3, 0.4) is 0 Å². The van der Waals surface area contributed by atoms with Crippen molar-refractivity contribution < 1.29 is 24.9 Å². The molecule has 0 aromatic carbocycles. The van der Waals surface area contributed by atoms with Crippen LogP contribution in [0, 0.1) is 5.92 Å². The van der Waals surface area contributed by atoms with Gasteiger partial charge in [0, 0.05) is 18.1 Å². The van der Waals surface area contributed by atoms with E-state index in [1.54, 1.807) is 0 Å². The molecule has 0 fully saturated rings. The van der Waals surface area contributed by atoms with E-state index in [0.717, 1.165) is 0 Å². The molecule has 80 valence electrons. The Hall–Kier alpha value is -0.910. The third-order valence-corrected chi connectivity index (χ3v) is 2.37. The molecule has 1 aliphatic rings. The van der Waals surface area contributed by atoms with Gasteiger partial charge in [-0.25, -0.2) is 4.79 Å². The first-order valence-corrected chi connectivity index (χ1v) is 4.36. The van der Waals surface area contributed by atoms with Gasteiger partial charge in [0.05, 0.1) is 19.3 Å². The number of aliphatic hydroxyl groups is 3. The molecule has 1 rings (SSSR count). The lowest BCUT2D eigenvalue weighted by Gasteiger charge is -2.28. The highest BCUT2D eigenvalue weighted by molar-refractivity contribution is 5.88. The van der Waals surface area contributed by atoms with Gasteiger partial charge >= 0.3 is 5.97 Å². The lowest BCUT2D eigenvalue weighted by atomic mass is 9.85. The Morgan fingerprint density at radius 3 is 2.79 bits per heavy atom. The molecule has 0 amide bonds. The molecule has 0 saturated heterocycles. The second-order valence-corrected chi connectivity index (χ2v) is 3.31. The maximum absolute atomic E-state index is 11.1. The second-order valence-electron chi connectivity index (χ2n) is 3.31. The van der Waals surface area contributed by atoms with E-state index in [4.69, 9.17) is 5.11 Å². The van der Waals surface area contributed by atoms with Crippen LogP contribution in [-0.4, -0.2) is 47.2 Å². The van der Waals surface area contributed by atoms with Crippen molar-refractivity contribution in [3.63, 3.8) is 0 Å². The highest BCUT2D eigenvalue weighted by Crippen LogP contribution is 2.25. The van der Waals surface area contributed by atoms with Crippen LogP contribution in [0.25, 0.3) is 0 Å². The summed E-state index contributed by atoms with van der Waals surface area (Å²) in [5, 5.41) is 27.7. The average molecular weight is 202 g/mol. The average Bonchev–Trinajstić information content (AvgIpc) is 2.20. The van der Waals surface area contributed by atoms with Gasteiger partial charge in [0.2, 0.25) is 0 Å². The summed E-state index contributed by atoms with van der Waals surface area (Å²) in [7, 11) is 1.24. The summed E-state index contributed by atoms with van der Waals surface area (Å²) in [6, 6.07) is 0. The highest BCUT2D eigenvalue weighted by atomic mass is 16.5. The molecule has 14 heavy (non-hydrogen) atoms. The Morgan fingerprint density at radius 2 is 2.29 bits per heavy atom. The molecule has 3 N–H and O–H groups in total. The van der Waals surface area contributed by atoms with Gasteiger partial charge in [-0.3, -0.25) is 0 Å². The number of hydrogen-bond donors (Lipinski definition) is 3. The van der Waals surface area contributed by atoms with E-state index < -0.39 is 24.1 Å². The third kappa shape index (κ3) is 2.12. The molecule has 1 aliphatic carbocycles. The van der Waals surface area contributed by atoms with E-state index in [1.165, 1.54) is 13.2 Å². The molecule has 5 heteroatoms. The highest BCUT2D eigenvalue weighted by Gasteiger charge is 2.32. The Labute approximate surface area is 81.6 Å². The zero-order valence-electron chi connectivity index (χ0n) is 7.88. The predicted octanol–water partition coefficient (Wildman–Crippen LogP) is -1.18. The van der Waals surface area contributed by atoms with Crippen LogP contribution in [0.4, 0.5) is 0 Å². The van der Waals surface area contributed by atoms with Crippen molar-refractivity contribution in [2.75, 3.05) is 13.7 Å². The maximum atomic E-state index is 11.1. The fourth-order valence-corrected chi connectivity index (χ4v) is 1.51. The quantitative estimate of drug-likeness (QED) is 0.491. The van der Waals surface area contributed by atoms with E-state index in [9.17, 15) is 15.0 Å². The first kappa shape index (κ1) is 11.2. The van der Waals surface area contributed by atoms with Crippen molar-refractivity contribution in [2.45, 2.75) is 18.6 Å². The summed E-state index contributed by atoms with van der Waals surface area (Å²) >= 11 is 0. The molecule has 0 radical (unpaired) electrons. The molecule has 5 nitrogen and oxygen atoms in total. The first-order valence-electron chi connectivity index (χ1n) is 4.36. The van der Waals surface area contributed by atoms with Gasteiger partial charge in [0.25, 0.3) is 0 Å². The van der Waals surface area contributed by atoms with Gasteiger partial charge in [0.1, 0.15) is 0 Å². The second kappa shape index (κ2) is 4.54.